The molecular weight excluding hydrogens is 367 g/mol. The van der Waals surface area contributed by atoms with Crippen LogP contribution in [0.15, 0.2) is 57.5 Å². The van der Waals surface area contributed by atoms with Crippen molar-refractivity contribution in [1.29, 1.82) is 0 Å². The summed E-state index contributed by atoms with van der Waals surface area (Å²) in [7, 11) is 0. The van der Waals surface area contributed by atoms with Gasteiger partial charge in [-0.25, -0.2) is 9.18 Å². The lowest BCUT2D eigenvalue weighted by atomic mass is 10.2. The standard InChI is InChI=1S/C16H10BrFN2O3/c17-13-4-2-1-3-12(13)16(21)22-9-14-19-15(20-23-14)10-5-7-11(18)8-6-10/h1-8H,9H2. The first-order chi connectivity index (χ1) is 11.1. The molecule has 0 amide bonds. The molecule has 3 aromatic rings. The fourth-order valence-corrected chi connectivity index (χ4v) is 2.31. The predicted octanol–water partition coefficient (Wildman–Crippen LogP) is 4.00. The van der Waals surface area contributed by atoms with E-state index in [2.05, 4.69) is 26.1 Å². The van der Waals surface area contributed by atoms with Gasteiger partial charge in [0.05, 0.1) is 5.56 Å². The number of rotatable bonds is 4. The van der Waals surface area contributed by atoms with Gasteiger partial charge < -0.3 is 9.26 Å². The zero-order valence-electron chi connectivity index (χ0n) is 11.7. The molecule has 23 heavy (non-hydrogen) atoms. The molecule has 3 rings (SSSR count). The third-order valence-corrected chi connectivity index (χ3v) is 3.68. The zero-order valence-corrected chi connectivity index (χ0v) is 13.3. The van der Waals surface area contributed by atoms with Crippen LogP contribution in [0.2, 0.25) is 0 Å². The number of esters is 1. The maximum atomic E-state index is 12.9. The third kappa shape index (κ3) is 3.62. The van der Waals surface area contributed by atoms with E-state index in [0.29, 0.717) is 21.4 Å². The Labute approximate surface area is 139 Å². The van der Waals surface area contributed by atoms with E-state index in [1.807, 2.05) is 0 Å². The van der Waals surface area contributed by atoms with E-state index in [-0.39, 0.29) is 18.3 Å². The summed E-state index contributed by atoms with van der Waals surface area (Å²) in [4.78, 5) is 16.1. The second-order valence-corrected chi connectivity index (χ2v) is 5.43. The van der Waals surface area contributed by atoms with E-state index >= 15 is 0 Å². The number of aromatic nitrogens is 2. The van der Waals surface area contributed by atoms with Crippen LogP contribution in [0, 0.1) is 5.82 Å². The van der Waals surface area contributed by atoms with Crippen molar-refractivity contribution in [1.82, 2.24) is 10.1 Å². The molecule has 0 radical (unpaired) electrons. The number of ether oxygens (including phenoxy) is 1. The minimum absolute atomic E-state index is 0.144. The number of carbonyl (C=O) groups is 1. The minimum Gasteiger partial charge on any atom is -0.452 e. The molecule has 7 heteroatoms. The Balaban J connectivity index is 1.67. The van der Waals surface area contributed by atoms with Gasteiger partial charge in [-0.15, -0.1) is 0 Å². The van der Waals surface area contributed by atoms with E-state index in [1.54, 1.807) is 24.3 Å². The summed E-state index contributed by atoms with van der Waals surface area (Å²) >= 11 is 3.28. The summed E-state index contributed by atoms with van der Waals surface area (Å²) in [6.07, 6.45) is 0. The molecular formula is C16H10BrFN2O3. The molecule has 2 aromatic carbocycles. The van der Waals surface area contributed by atoms with Crippen molar-refractivity contribution in [2.75, 3.05) is 0 Å². The molecule has 0 spiro atoms. The normalized spacial score (nSPS) is 10.5. The summed E-state index contributed by atoms with van der Waals surface area (Å²) in [5, 5.41) is 3.78. The van der Waals surface area contributed by atoms with Crippen molar-refractivity contribution in [3.8, 4) is 11.4 Å². The molecule has 5 nitrogen and oxygen atoms in total. The molecule has 1 aromatic heterocycles. The topological polar surface area (TPSA) is 65.2 Å². The van der Waals surface area contributed by atoms with Gasteiger partial charge in [-0.1, -0.05) is 17.3 Å². The summed E-state index contributed by atoms with van der Waals surface area (Å²) in [5.41, 5.74) is 1.02. The van der Waals surface area contributed by atoms with Crippen molar-refractivity contribution < 1.29 is 18.4 Å². The largest absolute Gasteiger partial charge is 0.452 e. The molecule has 1 heterocycles. The Morgan fingerprint density at radius 3 is 2.65 bits per heavy atom. The second-order valence-electron chi connectivity index (χ2n) is 4.57. The highest BCUT2D eigenvalue weighted by Crippen LogP contribution is 2.19. The average molecular weight is 377 g/mol. The van der Waals surface area contributed by atoms with E-state index < -0.39 is 5.97 Å². The molecule has 0 unspecified atom stereocenters. The first kappa shape index (κ1) is 15.4. The highest BCUT2D eigenvalue weighted by Gasteiger charge is 2.14. The Hall–Kier alpha value is -2.54. The first-order valence-electron chi connectivity index (χ1n) is 6.63. The number of nitrogens with zero attached hydrogens (tertiary/aromatic N) is 2. The monoisotopic (exact) mass is 376 g/mol. The molecule has 0 aliphatic carbocycles. The highest BCUT2D eigenvalue weighted by atomic mass is 79.9. The van der Waals surface area contributed by atoms with Crippen LogP contribution in [0.1, 0.15) is 16.2 Å². The van der Waals surface area contributed by atoms with Crippen LogP contribution in [0.3, 0.4) is 0 Å². The minimum atomic E-state index is -0.501. The van der Waals surface area contributed by atoms with Crippen molar-refractivity contribution >= 4 is 21.9 Å². The predicted molar refractivity (Wildman–Crippen MR) is 83.0 cm³/mol. The van der Waals surface area contributed by atoms with Gasteiger partial charge in [-0.2, -0.15) is 4.98 Å². The second kappa shape index (κ2) is 6.70. The lowest BCUT2D eigenvalue weighted by Gasteiger charge is -2.03. The fraction of sp³-hybridized carbons (Fsp3) is 0.0625. The summed E-state index contributed by atoms with van der Waals surface area (Å²) in [5.74, 6) is -0.388. The Kier molecular flexibility index (Phi) is 4.47. The molecule has 0 fully saturated rings. The van der Waals surface area contributed by atoms with Gasteiger partial charge in [-0.3, -0.25) is 0 Å². The Morgan fingerprint density at radius 2 is 1.91 bits per heavy atom. The van der Waals surface area contributed by atoms with Crippen LogP contribution in [-0.4, -0.2) is 16.1 Å². The molecule has 0 aliphatic heterocycles. The fourth-order valence-electron chi connectivity index (χ4n) is 1.86. The van der Waals surface area contributed by atoms with Crippen molar-refractivity contribution in [3.63, 3.8) is 0 Å². The Morgan fingerprint density at radius 1 is 1.17 bits per heavy atom. The van der Waals surface area contributed by atoms with Gasteiger partial charge in [0, 0.05) is 10.0 Å². The number of benzene rings is 2. The zero-order chi connectivity index (χ0) is 16.2. The quantitative estimate of drug-likeness (QED) is 0.644. The summed E-state index contributed by atoms with van der Waals surface area (Å²) in [6, 6.07) is 12.6. The first-order valence-corrected chi connectivity index (χ1v) is 7.43. The smallest absolute Gasteiger partial charge is 0.339 e. The number of halogens is 2. The molecule has 0 aliphatic rings. The SMILES string of the molecule is O=C(OCc1nc(-c2ccc(F)cc2)no1)c1ccccc1Br. The third-order valence-electron chi connectivity index (χ3n) is 2.99. The van der Waals surface area contributed by atoms with E-state index in [9.17, 15) is 9.18 Å². The maximum absolute atomic E-state index is 12.9. The molecule has 0 bridgehead atoms. The maximum Gasteiger partial charge on any atom is 0.339 e. The van der Waals surface area contributed by atoms with Crippen molar-refractivity contribution in [2.24, 2.45) is 0 Å². The van der Waals surface area contributed by atoms with Gasteiger partial charge in [0.1, 0.15) is 5.82 Å². The van der Waals surface area contributed by atoms with Gasteiger partial charge in [0.2, 0.25) is 5.82 Å². The van der Waals surface area contributed by atoms with Crippen LogP contribution in [0.25, 0.3) is 11.4 Å². The molecule has 116 valence electrons. The molecule has 0 N–H and O–H groups in total. The van der Waals surface area contributed by atoms with Gasteiger partial charge in [0.15, 0.2) is 6.61 Å². The molecule has 0 atom stereocenters. The van der Waals surface area contributed by atoms with Gasteiger partial charge in [0.25, 0.3) is 5.89 Å². The van der Waals surface area contributed by atoms with E-state index in [0.717, 1.165) is 0 Å². The lowest BCUT2D eigenvalue weighted by Crippen LogP contribution is -2.06. The number of hydrogen-bond acceptors (Lipinski definition) is 5. The number of carbonyl (C=O) groups excluding carboxylic acids is 1. The molecule has 0 saturated heterocycles. The Bertz CT molecular complexity index is 833. The van der Waals surface area contributed by atoms with Crippen LogP contribution in [-0.2, 0) is 11.3 Å². The van der Waals surface area contributed by atoms with Crippen LogP contribution < -0.4 is 0 Å². The van der Waals surface area contributed by atoms with Gasteiger partial charge in [-0.05, 0) is 52.3 Å². The lowest BCUT2D eigenvalue weighted by molar-refractivity contribution is 0.0428. The average Bonchev–Trinajstić information content (AvgIpc) is 3.03. The van der Waals surface area contributed by atoms with Crippen LogP contribution >= 0.6 is 15.9 Å². The number of hydrogen-bond donors (Lipinski definition) is 0. The van der Waals surface area contributed by atoms with Crippen molar-refractivity contribution in [3.05, 3.63) is 70.3 Å². The summed E-state index contributed by atoms with van der Waals surface area (Å²) in [6.45, 7) is -0.144. The van der Waals surface area contributed by atoms with E-state index in [1.165, 1.54) is 24.3 Å². The summed E-state index contributed by atoms with van der Waals surface area (Å²) < 4.78 is 23.7. The van der Waals surface area contributed by atoms with Crippen LogP contribution in [0.4, 0.5) is 4.39 Å². The highest BCUT2D eigenvalue weighted by molar-refractivity contribution is 9.10. The van der Waals surface area contributed by atoms with E-state index in [4.69, 9.17) is 9.26 Å². The van der Waals surface area contributed by atoms with Crippen LogP contribution in [0.5, 0.6) is 0 Å². The van der Waals surface area contributed by atoms with Gasteiger partial charge >= 0.3 is 5.97 Å². The van der Waals surface area contributed by atoms with Crippen molar-refractivity contribution in [2.45, 2.75) is 6.61 Å². The molecule has 0 saturated carbocycles.